The lowest BCUT2D eigenvalue weighted by molar-refractivity contribution is 0.503. The predicted molar refractivity (Wildman–Crippen MR) is 110 cm³/mol. The van der Waals surface area contributed by atoms with Crippen molar-refractivity contribution in [1.82, 2.24) is 9.55 Å². The first-order valence-electron chi connectivity index (χ1n) is 8.19. The number of benzene rings is 3. The third-order valence-corrected chi connectivity index (χ3v) is 5.33. The standard InChI is InChI=1S/C22H17IN2/c23-21-24-16-17-25(21)22(18-10-4-1-5-11-18,19-12-6-2-7-13-19)20-14-8-3-9-15-20/h1-17H. The zero-order chi connectivity index (χ0) is 17.1. The Kier molecular flexibility index (Phi) is 4.40. The lowest BCUT2D eigenvalue weighted by Gasteiger charge is -2.37. The maximum Gasteiger partial charge on any atom is 0.172 e. The second-order valence-electron chi connectivity index (χ2n) is 5.87. The van der Waals surface area contributed by atoms with Crippen LogP contribution in [0.15, 0.2) is 103 Å². The molecule has 1 aromatic heterocycles. The quantitative estimate of drug-likeness (QED) is 0.313. The summed E-state index contributed by atoms with van der Waals surface area (Å²) in [5.41, 5.74) is 3.17. The molecule has 0 bridgehead atoms. The molecule has 0 saturated carbocycles. The fourth-order valence-electron chi connectivity index (χ4n) is 3.49. The lowest BCUT2D eigenvalue weighted by atomic mass is 9.77. The molecule has 0 aliphatic heterocycles. The summed E-state index contributed by atoms with van der Waals surface area (Å²) in [4.78, 5) is 4.51. The first-order chi connectivity index (χ1) is 12.3. The molecule has 4 rings (SSSR count). The van der Waals surface area contributed by atoms with Crippen LogP contribution in [0.4, 0.5) is 0 Å². The average molecular weight is 436 g/mol. The Labute approximate surface area is 161 Å². The molecule has 122 valence electrons. The molecule has 3 heteroatoms. The van der Waals surface area contributed by atoms with Gasteiger partial charge < -0.3 is 4.57 Å². The Morgan fingerprint density at radius 2 is 1.04 bits per heavy atom. The number of hydrogen-bond acceptors (Lipinski definition) is 1. The van der Waals surface area contributed by atoms with Crippen molar-refractivity contribution in [1.29, 1.82) is 0 Å². The van der Waals surface area contributed by atoms with Gasteiger partial charge in [-0.15, -0.1) is 0 Å². The maximum atomic E-state index is 4.51. The Morgan fingerprint density at radius 3 is 1.36 bits per heavy atom. The molecule has 3 aromatic carbocycles. The van der Waals surface area contributed by atoms with Gasteiger partial charge in [0, 0.05) is 12.4 Å². The molecule has 25 heavy (non-hydrogen) atoms. The second-order valence-corrected chi connectivity index (χ2v) is 6.84. The van der Waals surface area contributed by atoms with E-state index in [9.17, 15) is 0 Å². The summed E-state index contributed by atoms with van der Waals surface area (Å²) in [5, 5.41) is 0. The van der Waals surface area contributed by atoms with Gasteiger partial charge >= 0.3 is 0 Å². The number of aromatic nitrogens is 2. The molecule has 0 spiro atoms. The van der Waals surface area contributed by atoms with Crippen molar-refractivity contribution in [2.75, 3.05) is 0 Å². The Morgan fingerprint density at radius 1 is 0.640 bits per heavy atom. The summed E-state index contributed by atoms with van der Waals surface area (Å²) < 4.78 is 3.21. The first-order valence-corrected chi connectivity index (χ1v) is 9.27. The van der Waals surface area contributed by atoms with Crippen molar-refractivity contribution in [2.24, 2.45) is 0 Å². The van der Waals surface area contributed by atoms with Crippen LogP contribution in [0.2, 0.25) is 0 Å². The predicted octanol–water partition coefficient (Wildman–Crippen LogP) is 5.33. The smallest absolute Gasteiger partial charge is 0.172 e. The maximum absolute atomic E-state index is 4.51. The highest BCUT2D eigenvalue weighted by Crippen LogP contribution is 2.41. The number of rotatable bonds is 4. The Hall–Kier alpha value is -2.40. The van der Waals surface area contributed by atoms with Gasteiger partial charge in [0.15, 0.2) is 3.83 Å². The molecule has 0 unspecified atom stereocenters. The minimum Gasteiger partial charge on any atom is -0.308 e. The molecular formula is C22H17IN2. The van der Waals surface area contributed by atoms with Crippen LogP contribution in [-0.2, 0) is 5.54 Å². The van der Waals surface area contributed by atoms with Crippen LogP contribution >= 0.6 is 22.6 Å². The fourth-order valence-corrected chi connectivity index (χ4v) is 4.17. The van der Waals surface area contributed by atoms with Crippen molar-refractivity contribution in [3.63, 3.8) is 0 Å². The van der Waals surface area contributed by atoms with Crippen LogP contribution in [0, 0.1) is 3.83 Å². The average Bonchev–Trinajstić information content (AvgIpc) is 3.12. The van der Waals surface area contributed by atoms with Crippen molar-refractivity contribution in [2.45, 2.75) is 5.54 Å². The van der Waals surface area contributed by atoms with Crippen LogP contribution < -0.4 is 0 Å². The van der Waals surface area contributed by atoms with Crippen LogP contribution in [0.25, 0.3) is 0 Å². The zero-order valence-corrected chi connectivity index (χ0v) is 15.7. The van der Waals surface area contributed by atoms with E-state index in [0.29, 0.717) is 0 Å². The van der Waals surface area contributed by atoms with E-state index in [4.69, 9.17) is 0 Å². The number of imidazole rings is 1. The van der Waals surface area contributed by atoms with Crippen LogP contribution in [0.5, 0.6) is 0 Å². The molecular weight excluding hydrogens is 419 g/mol. The van der Waals surface area contributed by atoms with Gasteiger partial charge in [-0.25, -0.2) is 4.98 Å². The largest absolute Gasteiger partial charge is 0.308 e. The molecule has 0 aliphatic rings. The summed E-state index contributed by atoms with van der Waals surface area (Å²) in [5.74, 6) is 0. The van der Waals surface area contributed by atoms with E-state index < -0.39 is 5.54 Å². The van der Waals surface area contributed by atoms with Crippen molar-refractivity contribution in [3.05, 3.63) is 124 Å². The minimum absolute atomic E-state index is 0.462. The van der Waals surface area contributed by atoms with Gasteiger partial charge in [-0.3, -0.25) is 0 Å². The SMILES string of the molecule is Ic1nccn1C(c1ccccc1)(c1ccccc1)c1ccccc1. The van der Waals surface area contributed by atoms with Crippen molar-refractivity contribution >= 4 is 22.6 Å². The van der Waals surface area contributed by atoms with Crippen LogP contribution in [-0.4, -0.2) is 9.55 Å². The highest BCUT2D eigenvalue weighted by atomic mass is 127. The number of halogens is 1. The molecule has 0 N–H and O–H groups in total. The summed E-state index contributed by atoms with van der Waals surface area (Å²) >= 11 is 2.31. The van der Waals surface area contributed by atoms with E-state index in [1.165, 1.54) is 16.7 Å². The second kappa shape index (κ2) is 6.84. The molecule has 2 nitrogen and oxygen atoms in total. The monoisotopic (exact) mass is 436 g/mol. The van der Waals surface area contributed by atoms with Gasteiger partial charge in [-0.2, -0.15) is 0 Å². The fraction of sp³-hybridized carbons (Fsp3) is 0.0455. The van der Waals surface area contributed by atoms with Crippen molar-refractivity contribution in [3.8, 4) is 0 Å². The molecule has 0 fully saturated rings. The summed E-state index contributed by atoms with van der Waals surface area (Å²) in [6.45, 7) is 0. The highest BCUT2D eigenvalue weighted by Gasteiger charge is 2.39. The van der Waals surface area contributed by atoms with E-state index in [2.05, 4.69) is 129 Å². The molecule has 0 radical (unpaired) electrons. The van der Waals surface area contributed by atoms with Gasteiger partial charge in [0.05, 0.1) is 0 Å². The number of nitrogens with zero attached hydrogens (tertiary/aromatic N) is 2. The van der Waals surface area contributed by atoms with E-state index in [-0.39, 0.29) is 0 Å². The summed E-state index contributed by atoms with van der Waals surface area (Å²) in [6, 6.07) is 31.9. The van der Waals surface area contributed by atoms with Gasteiger partial charge in [0.25, 0.3) is 0 Å². The first kappa shape index (κ1) is 16.1. The molecule has 0 atom stereocenters. The van der Waals surface area contributed by atoms with Crippen LogP contribution in [0.1, 0.15) is 16.7 Å². The third kappa shape index (κ3) is 2.68. The van der Waals surface area contributed by atoms with E-state index in [0.717, 1.165) is 3.83 Å². The Bertz CT molecular complexity index is 850. The van der Waals surface area contributed by atoms with E-state index >= 15 is 0 Å². The number of hydrogen-bond donors (Lipinski definition) is 0. The minimum atomic E-state index is -0.462. The topological polar surface area (TPSA) is 17.8 Å². The zero-order valence-electron chi connectivity index (χ0n) is 13.6. The van der Waals surface area contributed by atoms with Gasteiger partial charge in [0.2, 0.25) is 0 Å². The molecule has 0 aliphatic carbocycles. The summed E-state index contributed by atoms with van der Waals surface area (Å²) in [7, 11) is 0. The van der Waals surface area contributed by atoms with E-state index in [1.54, 1.807) is 0 Å². The molecule has 0 amide bonds. The van der Waals surface area contributed by atoms with Gasteiger partial charge in [-0.05, 0) is 39.3 Å². The molecule has 1 heterocycles. The highest BCUT2D eigenvalue weighted by molar-refractivity contribution is 14.1. The lowest BCUT2D eigenvalue weighted by Crippen LogP contribution is -2.38. The van der Waals surface area contributed by atoms with E-state index in [1.807, 2.05) is 6.20 Å². The van der Waals surface area contributed by atoms with Gasteiger partial charge in [-0.1, -0.05) is 91.0 Å². The molecule has 0 saturated heterocycles. The van der Waals surface area contributed by atoms with Crippen LogP contribution in [0.3, 0.4) is 0 Å². The normalized spacial score (nSPS) is 11.4. The van der Waals surface area contributed by atoms with Crippen molar-refractivity contribution < 1.29 is 0 Å². The summed E-state index contributed by atoms with van der Waals surface area (Å²) in [6.07, 6.45) is 3.93. The molecule has 4 aromatic rings. The third-order valence-electron chi connectivity index (χ3n) is 4.53. The Balaban J connectivity index is 2.15. The van der Waals surface area contributed by atoms with Gasteiger partial charge in [0.1, 0.15) is 5.54 Å².